The van der Waals surface area contributed by atoms with Crippen LogP contribution in [0.5, 0.6) is 0 Å². The summed E-state index contributed by atoms with van der Waals surface area (Å²) >= 11 is 3.52. The Balaban J connectivity index is 2.15. The van der Waals surface area contributed by atoms with Crippen molar-refractivity contribution in [3.05, 3.63) is 27.7 Å². The predicted octanol–water partition coefficient (Wildman–Crippen LogP) is 3.02. The predicted molar refractivity (Wildman–Crippen MR) is 82.7 cm³/mol. The quantitative estimate of drug-likeness (QED) is 0.858. The molecular formula is C15H19BrN2O2. The lowest BCUT2D eigenvalue weighted by Gasteiger charge is -2.16. The summed E-state index contributed by atoms with van der Waals surface area (Å²) in [4.78, 5) is 25.4. The van der Waals surface area contributed by atoms with Crippen molar-refractivity contribution < 1.29 is 9.59 Å². The smallest absolute Gasteiger partial charge is 0.252 e. The summed E-state index contributed by atoms with van der Waals surface area (Å²) < 4.78 is 1.07. The zero-order valence-electron chi connectivity index (χ0n) is 12.0. The molecule has 0 bridgehead atoms. The molecule has 1 heterocycles. The first-order chi connectivity index (χ1) is 9.43. The largest absolute Gasteiger partial charge is 0.373 e. The van der Waals surface area contributed by atoms with Gasteiger partial charge in [0.05, 0.1) is 6.42 Å². The molecule has 1 atom stereocenters. The van der Waals surface area contributed by atoms with Crippen LogP contribution in [0.1, 0.15) is 30.9 Å². The van der Waals surface area contributed by atoms with Gasteiger partial charge in [0.2, 0.25) is 5.91 Å². The number of carbonyl (C=O) groups excluding carboxylic acids is 2. The number of anilines is 1. The number of benzene rings is 1. The number of likely N-dealkylation sites (tertiary alicyclic amines) is 1. The van der Waals surface area contributed by atoms with Gasteiger partial charge in [-0.3, -0.25) is 14.5 Å². The van der Waals surface area contributed by atoms with E-state index in [0.29, 0.717) is 6.54 Å². The van der Waals surface area contributed by atoms with Gasteiger partial charge in [-0.1, -0.05) is 22.9 Å². The van der Waals surface area contributed by atoms with Crippen LogP contribution in [0.2, 0.25) is 0 Å². The molecule has 1 unspecified atom stereocenters. The second-order valence-electron chi connectivity index (χ2n) is 5.21. The molecular weight excluding hydrogens is 320 g/mol. The lowest BCUT2D eigenvalue weighted by atomic mass is 10.1. The first-order valence-corrected chi connectivity index (χ1v) is 7.60. The zero-order chi connectivity index (χ0) is 14.9. The van der Waals surface area contributed by atoms with Crippen molar-refractivity contribution in [3.8, 4) is 0 Å². The highest BCUT2D eigenvalue weighted by molar-refractivity contribution is 9.10. The fourth-order valence-corrected chi connectivity index (χ4v) is 2.71. The molecule has 1 aromatic carbocycles. The Labute approximate surface area is 127 Å². The van der Waals surface area contributed by atoms with Gasteiger partial charge in [-0.2, -0.15) is 0 Å². The van der Waals surface area contributed by atoms with Crippen molar-refractivity contribution >= 4 is 33.4 Å². The van der Waals surface area contributed by atoms with Gasteiger partial charge in [-0.05, 0) is 43.5 Å². The Hall–Kier alpha value is -1.36. The maximum Gasteiger partial charge on any atom is 0.252 e. The van der Waals surface area contributed by atoms with Crippen LogP contribution in [0.3, 0.4) is 0 Å². The number of imide groups is 1. The number of hydrogen-bond donors (Lipinski definition) is 1. The van der Waals surface area contributed by atoms with Crippen LogP contribution in [-0.2, 0) is 9.59 Å². The number of halogens is 1. The van der Waals surface area contributed by atoms with Gasteiger partial charge in [0.25, 0.3) is 5.91 Å². The summed E-state index contributed by atoms with van der Waals surface area (Å²) in [5.41, 5.74) is 3.09. The molecule has 20 heavy (non-hydrogen) atoms. The third kappa shape index (κ3) is 2.87. The summed E-state index contributed by atoms with van der Waals surface area (Å²) in [7, 11) is 0. The van der Waals surface area contributed by atoms with E-state index in [4.69, 9.17) is 0 Å². The number of carbonyl (C=O) groups is 2. The van der Waals surface area contributed by atoms with Gasteiger partial charge in [0.1, 0.15) is 6.04 Å². The molecule has 2 amide bonds. The third-order valence-electron chi connectivity index (χ3n) is 3.47. The monoisotopic (exact) mass is 338 g/mol. The minimum Gasteiger partial charge on any atom is -0.373 e. The van der Waals surface area contributed by atoms with Crippen LogP contribution < -0.4 is 5.32 Å². The Morgan fingerprint density at radius 1 is 1.30 bits per heavy atom. The standard InChI is InChI=1S/C15H19BrN2O2/c1-4-5-18-13(19)8-12(15(18)20)17-11-6-9(2)14(16)10(3)7-11/h6-7,12,17H,4-5,8H2,1-3H3. The van der Waals surface area contributed by atoms with Crippen LogP contribution in [0.4, 0.5) is 5.69 Å². The fourth-order valence-electron chi connectivity index (χ4n) is 2.48. The number of aryl methyl sites for hydroxylation is 2. The van der Waals surface area contributed by atoms with Crippen molar-refractivity contribution in [2.45, 2.75) is 39.7 Å². The van der Waals surface area contributed by atoms with Crippen molar-refractivity contribution in [2.75, 3.05) is 11.9 Å². The van der Waals surface area contributed by atoms with Crippen LogP contribution in [0.15, 0.2) is 16.6 Å². The molecule has 1 aliphatic heterocycles. The molecule has 0 aromatic heterocycles. The lowest BCUT2D eigenvalue weighted by Crippen LogP contribution is -2.35. The number of amides is 2. The third-order valence-corrected chi connectivity index (χ3v) is 4.72. The van der Waals surface area contributed by atoms with Crippen LogP contribution in [0, 0.1) is 13.8 Å². The van der Waals surface area contributed by atoms with Crippen molar-refractivity contribution in [1.29, 1.82) is 0 Å². The molecule has 0 aliphatic carbocycles. The molecule has 108 valence electrons. The Morgan fingerprint density at radius 2 is 1.90 bits per heavy atom. The van der Waals surface area contributed by atoms with E-state index in [9.17, 15) is 9.59 Å². The molecule has 2 rings (SSSR count). The normalized spacial score (nSPS) is 18.8. The van der Waals surface area contributed by atoms with Crippen LogP contribution in [-0.4, -0.2) is 29.3 Å². The van der Waals surface area contributed by atoms with Crippen molar-refractivity contribution in [1.82, 2.24) is 4.90 Å². The van der Waals surface area contributed by atoms with Gasteiger partial charge in [0, 0.05) is 16.7 Å². The van der Waals surface area contributed by atoms with Gasteiger partial charge in [0.15, 0.2) is 0 Å². The van der Waals surface area contributed by atoms with Crippen molar-refractivity contribution in [2.24, 2.45) is 0 Å². The highest BCUT2D eigenvalue weighted by Crippen LogP contribution is 2.26. The molecule has 1 fully saturated rings. The fraction of sp³-hybridized carbons (Fsp3) is 0.467. The molecule has 1 N–H and O–H groups in total. The summed E-state index contributed by atoms with van der Waals surface area (Å²) in [6.07, 6.45) is 1.04. The van der Waals surface area contributed by atoms with Gasteiger partial charge in [-0.15, -0.1) is 0 Å². The molecule has 0 radical (unpaired) electrons. The minimum absolute atomic E-state index is 0.0834. The number of nitrogens with one attached hydrogen (secondary N) is 1. The SMILES string of the molecule is CCCN1C(=O)CC(Nc2cc(C)c(Br)c(C)c2)C1=O. The topological polar surface area (TPSA) is 49.4 Å². The first kappa shape index (κ1) is 15.0. The summed E-state index contributed by atoms with van der Waals surface area (Å²) in [5, 5.41) is 3.19. The molecule has 0 saturated carbocycles. The second kappa shape index (κ2) is 5.95. The highest BCUT2D eigenvalue weighted by Gasteiger charge is 2.37. The number of nitrogens with zero attached hydrogens (tertiary/aromatic N) is 1. The van der Waals surface area contributed by atoms with E-state index in [2.05, 4.69) is 21.2 Å². The van der Waals surface area contributed by atoms with E-state index < -0.39 is 6.04 Å². The van der Waals surface area contributed by atoms with E-state index in [1.807, 2.05) is 32.9 Å². The van der Waals surface area contributed by atoms with Gasteiger partial charge < -0.3 is 5.32 Å². The maximum absolute atomic E-state index is 12.2. The summed E-state index contributed by atoms with van der Waals surface area (Å²) in [5.74, 6) is -0.199. The number of hydrogen-bond acceptors (Lipinski definition) is 3. The molecule has 1 saturated heterocycles. The first-order valence-electron chi connectivity index (χ1n) is 6.81. The van der Waals surface area contributed by atoms with E-state index in [0.717, 1.165) is 27.7 Å². The zero-order valence-corrected chi connectivity index (χ0v) is 13.6. The Kier molecular flexibility index (Phi) is 4.48. The minimum atomic E-state index is -0.436. The average Bonchev–Trinajstić information content (AvgIpc) is 2.64. The van der Waals surface area contributed by atoms with Gasteiger partial charge >= 0.3 is 0 Å². The Bertz CT molecular complexity index is 534. The van der Waals surface area contributed by atoms with Crippen LogP contribution >= 0.6 is 15.9 Å². The van der Waals surface area contributed by atoms with Crippen molar-refractivity contribution in [3.63, 3.8) is 0 Å². The molecule has 0 spiro atoms. The maximum atomic E-state index is 12.2. The molecule has 1 aliphatic rings. The average molecular weight is 339 g/mol. The van der Waals surface area contributed by atoms with Gasteiger partial charge in [-0.25, -0.2) is 0 Å². The number of rotatable bonds is 4. The molecule has 5 heteroatoms. The second-order valence-corrected chi connectivity index (χ2v) is 6.00. The summed E-state index contributed by atoms with van der Waals surface area (Å²) in [6.45, 7) is 6.48. The van der Waals surface area contributed by atoms with E-state index in [-0.39, 0.29) is 18.2 Å². The van der Waals surface area contributed by atoms with E-state index in [1.54, 1.807) is 0 Å². The van der Waals surface area contributed by atoms with E-state index >= 15 is 0 Å². The lowest BCUT2D eigenvalue weighted by molar-refractivity contribution is -0.138. The van der Waals surface area contributed by atoms with E-state index in [1.165, 1.54) is 4.90 Å². The Morgan fingerprint density at radius 3 is 2.45 bits per heavy atom. The van der Waals surface area contributed by atoms with Crippen LogP contribution in [0.25, 0.3) is 0 Å². The molecule has 4 nitrogen and oxygen atoms in total. The molecule has 1 aromatic rings. The summed E-state index contributed by atoms with van der Waals surface area (Å²) in [6, 6.07) is 3.53. The highest BCUT2D eigenvalue weighted by atomic mass is 79.9.